The second kappa shape index (κ2) is 6.41. The Hall–Kier alpha value is -0.0800. The smallest absolute Gasteiger partial charge is 0.0125 e. The molecule has 0 aromatic carbocycles. The summed E-state index contributed by atoms with van der Waals surface area (Å²) >= 11 is 0. The molecule has 1 fully saturated rings. The van der Waals surface area contributed by atoms with Crippen LogP contribution in [0.15, 0.2) is 0 Å². The summed E-state index contributed by atoms with van der Waals surface area (Å²) in [5.41, 5.74) is 5.84. The van der Waals surface area contributed by atoms with Crippen LogP contribution in [-0.2, 0) is 0 Å². The molecular formula is C12H26N2. The lowest BCUT2D eigenvalue weighted by molar-refractivity contribution is 0.107. The quantitative estimate of drug-likeness (QED) is 0.680. The van der Waals surface area contributed by atoms with Crippen molar-refractivity contribution in [1.82, 2.24) is 4.90 Å². The van der Waals surface area contributed by atoms with Gasteiger partial charge in [-0.1, -0.05) is 26.7 Å². The van der Waals surface area contributed by atoms with E-state index in [9.17, 15) is 0 Å². The first kappa shape index (κ1) is 12.0. The highest BCUT2D eigenvalue weighted by Crippen LogP contribution is 2.24. The van der Waals surface area contributed by atoms with Gasteiger partial charge in [0.15, 0.2) is 0 Å². The molecule has 0 aromatic rings. The molecule has 0 atom stereocenters. The number of hydrogen-bond acceptors (Lipinski definition) is 2. The van der Waals surface area contributed by atoms with Crippen LogP contribution in [0.5, 0.6) is 0 Å². The predicted octanol–water partition coefficient (Wildman–Crippen LogP) is 2.38. The van der Waals surface area contributed by atoms with Gasteiger partial charge in [0.1, 0.15) is 0 Å². The zero-order valence-corrected chi connectivity index (χ0v) is 9.84. The minimum absolute atomic E-state index is 0.491. The highest BCUT2D eigenvalue weighted by Gasteiger charge is 2.30. The molecule has 0 aromatic heterocycles. The Kier molecular flexibility index (Phi) is 5.49. The van der Waals surface area contributed by atoms with Gasteiger partial charge >= 0.3 is 0 Å². The van der Waals surface area contributed by atoms with E-state index in [1.165, 1.54) is 51.6 Å². The van der Waals surface area contributed by atoms with E-state index in [0.29, 0.717) is 6.04 Å². The van der Waals surface area contributed by atoms with Crippen LogP contribution in [0.1, 0.15) is 52.4 Å². The molecule has 0 saturated heterocycles. The Morgan fingerprint density at radius 1 is 1.07 bits per heavy atom. The van der Waals surface area contributed by atoms with E-state index in [2.05, 4.69) is 18.7 Å². The third-order valence-electron chi connectivity index (χ3n) is 3.26. The molecule has 1 rings (SSSR count). The number of rotatable bonds is 7. The van der Waals surface area contributed by atoms with Crippen LogP contribution >= 0.6 is 0 Å². The molecule has 1 saturated carbocycles. The summed E-state index contributed by atoms with van der Waals surface area (Å²) in [6, 6.07) is 1.30. The molecule has 0 bridgehead atoms. The van der Waals surface area contributed by atoms with Crippen molar-refractivity contribution < 1.29 is 0 Å². The van der Waals surface area contributed by atoms with Gasteiger partial charge in [0.25, 0.3) is 0 Å². The summed E-state index contributed by atoms with van der Waals surface area (Å²) in [4.78, 5) is 2.66. The molecule has 0 unspecified atom stereocenters. The number of hydrogen-bond donors (Lipinski definition) is 1. The van der Waals surface area contributed by atoms with Crippen LogP contribution in [0, 0.1) is 0 Å². The van der Waals surface area contributed by atoms with Crippen molar-refractivity contribution in [3.05, 3.63) is 0 Å². The number of unbranched alkanes of at least 4 members (excludes halogenated alkanes) is 2. The maximum Gasteiger partial charge on any atom is 0.0125 e. The number of nitrogens with two attached hydrogens (primary N) is 1. The van der Waals surface area contributed by atoms with E-state index in [0.717, 1.165) is 6.04 Å². The maximum absolute atomic E-state index is 5.84. The lowest BCUT2D eigenvalue weighted by Gasteiger charge is -2.41. The van der Waals surface area contributed by atoms with Crippen molar-refractivity contribution >= 4 is 0 Å². The van der Waals surface area contributed by atoms with E-state index in [1.54, 1.807) is 0 Å². The van der Waals surface area contributed by atoms with Crippen molar-refractivity contribution in [3.8, 4) is 0 Å². The summed E-state index contributed by atoms with van der Waals surface area (Å²) in [6.45, 7) is 7.11. The summed E-state index contributed by atoms with van der Waals surface area (Å²) in [5.74, 6) is 0. The molecule has 2 nitrogen and oxygen atoms in total. The molecule has 2 heteroatoms. The van der Waals surface area contributed by atoms with E-state index in [4.69, 9.17) is 5.73 Å². The van der Waals surface area contributed by atoms with Crippen LogP contribution in [0.4, 0.5) is 0 Å². The SMILES string of the molecule is CCCCN(CCCC)C1CC(N)C1. The van der Waals surface area contributed by atoms with Crippen LogP contribution in [-0.4, -0.2) is 30.1 Å². The first-order valence-corrected chi connectivity index (χ1v) is 6.27. The van der Waals surface area contributed by atoms with Gasteiger partial charge in [-0.05, 0) is 38.8 Å². The first-order valence-electron chi connectivity index (χ1n) is 6.27. The van der Waals surface area contributed by atoms with Crippen LogP contribution < -0.4 is 5.73 Å². The zero-order chi connectivity index (χ0) is 10.4. The maximum atomic E-state index is 5.84. The van der Waals surface area contributed by atoms with Gasteiger partial charge in [0.05, 0.1) is 0 Å². The van der Waals surface area contributed by atoms with E-state index >= 15 is 0 Å². The zero-order valence-electron chi connectivity index (χ0n) is 9.84. The standard InChI is InChI=1S/C12H26N2/c1-3-5-7-14(8-6-4-2)12-9-11(13)10-12/h11-12H,3-10,13H2,1-2H3. The Balaban J connectivity index is 2.21. The van der Waals surface area contributed by atoms with Crippen molar-refractivity contribution in [2.24, 2.45) is 5.73 Å². The van der Waals surface area contributed by atoms with Gasteiger partial charge < -0.3 is 10.6 Å². The highest BCUT2D eigenvalue weighted by atomic mass is 15.2. The summed E-state index contributed by atoms with van der Waals surface area (Å²) in [5, 5.41) is 0. The molecule has 1 aliphatic rings. The van der Waals surface area contributed by atoms with Gasteiger partial charge in [-0.15, -0.1) is 0 Å². The second-order valence-corrected chi connectivity index (χ2v) is 4.63. The summed E-state index contributed by atoms with van der Waals surface area (Å²) in [7, 11) is 0. The lowest BCUT2D eigenvalue weighted by atomic mass is 9.86. The van der Waals surface area contributed by atoms with E-state index in [1.807, 2.05) is 0 Å². The van der Waals surface area contributed by atoms with E-state index < -0.39 is 0 Å². The average Bonchev–Trinajstić information content (AvgIpc) is 2.14. The average molecular weight is 198 g/mol. The van der Waals surface area contributed by atoms with Crippen molar-refractivity contribution in [1.29, 1.82) is 0 Å². The molecule has 0 heterocycles. The first-order chi connectivity index (χ1) is 6.77. The Bertz CT molecular complexity index is 133. The Morgan fingerprint density at radius 3 is 1.93 bits per heavy atom. The summed E-state index contributed by atoms with van der Waals surface area (Å²) in [6.07, 6.45) is 7.76. The van der Waals surface area contributed by atoms with Gasteiger partial charge in [-0.25, -0.2) is 0 Å². The van der Waals surface area contributed by atoms with Crippen molar-refractivity contribution in [2.75, 3.05) is 13.1 Å². The largest absolute Gasteiger partial charge is 0.328 e. The molecule has 0 radical (unpaired) electrons. The fourth-order valence-electron chi connectivity index (χ4n) is 2.13. The second-order valence-electron chi connectivity index (χ2n) is 4.63. The van der Waals surface area contributed by atoms with Gasteiger partial charge in [0.2, 0.25) is 0 Å². The normalized spacial score (nSPS) is 26.6. The molecular weight excluding hydrogens is 172 g/mol. The van der Waals surface area contributed by atoms with Crippen LogP contribution in [0.2, 0.25) is 0 Å². The fraction of sp³-hybridized carbons (Fsp3) is 1.00. The Morgan fingerprint density at radius 2 is 1.57 bits per heavy atom. The van der Waals surface area contributed by atoms with Crippen LogP contribution in [0.25, 0.3) is 0 Å². The predicted molar refractivity (Wildman–Crippen MR) is 62.4 cm³/mol. The van der Waals surface area contributed by atoms with Crippen LogP contribution in [0.3, 0.4) is 0 Å². The topological polar surface area (TPSA) is 29.3 Å². The van der Waals surface area contributed by atoms with E-state index in [-0.39, 0.29) is 0 Å². The monoisotopic (exact) mass is 198 g/mol. The fourth-order valence-corrected chi connectivity index (χ4v) is 2.13. The minimum atomic E-state index is 0.491. The number of nitrogens with zero attached hydrogens (tertiary/aromatic N) is 1. The molecule has 1 aliphatic carbocycles. The Labute approximate surface area is 88.8 Å². The van der Waals surface area contributed by atoms with Gasteiger partial charge in [-0.3, -0.25) is 0 Å². The molecule has 0 amide bonds. The third-order valence-corrected chi connectivity index (χ3v) is 3.26. The summed E-state index contributed by atoms with van der Waals surface area (Å²) < 4.78 is 0. The van der Waals surface area contributed by atoms with Crippen molar-refractivity contribution in [3.63, 3.8) is 0 Å². The van der Waals surface area contributed by atoms with Gasteiger partial charge in [0, 0.05) is 12.1 Å². The molecule has 0 spiro atoms. The highest BCUT2D eigenvalue weighted by molar-refractivity contribution is 4.89. The third kappa shape index (κ3) is 3.58. The molecule has 14 heavy (non-hydrogen) atoms. The molecule has 84 valence electrons. The van der Waals surface area contributed by atoms with Gasteiger partial charge in [-0.2, -0.15) is 0 Å². The molecule has 2 N–H and O–H groups in total. The lowest BCUT2D eigenvalue weighted by Crippen LogP contribution is -2.51. The minimum Gasteiger partial charge on any atom is -0.328 e. The molecule has 0 aliphatic heterocycles. The van der Waals surface area contributed by atoms with Crippen molar-refractivity contribution in [2.45, 2.75) is 64.5 Å².